The Hall–Kier alpha value is -1.43. The van der Waals surface area contributed by atoms with Crippen LogP contribution >= 0.6 is 0 Å². The minimum atomic E-state index is -0.180. The zero-order valence-corrected chi connectivity index (χ0v) is 12.6. The standard InChI is InChI=1S/C16H24N2O3/c1-20-12-14-5-3-2-4-13(14)10-15(11-17)16(19)18-6-8-21-9-7-18/h2-5,15H,6-12,17H2,1H3. The van der Waals surface area contributed by atoms with E-state index in [9.17, 15) is 4.79 Å². The van der Waals surface area contributed by atoms with E-state index in [-0.39, 0.29) is 11.8 Å². The second-order valence-electron chi connectivity index (χ2n) is 5.28. The molecule has 1 amide bonds. The van der Waals surface area contributed by atoms with Gasteiger partial charge in [-0.3, -0.25) is 4.79 Å². The van der Waals surface area contributed by atoms with E-state index in [2.05, 4.69) is 0 Å². The minimum Gasteiger partial charge on any atom is -0.380 e. The van der Waals surface area contributed by atoms with Crippen molar-refractivity contribution in [3.05, 3.63) is 35.4 Å². The van der Waals surface area contributed by atoms with Crippen LogP contribution in [-0.2, 0) is 27.3 Å². The first-order valence-corrected chi connectivity index (χ1v) is 7.38. The summed E-state index contributed by atoms with van der Waals surface area (Å²) in [4.78, 5) is 14.4. The number of hydrogen-bond donors (Lipinski definition) is 1. The lowest BCUT2D eigenvalue weighted by atomic mass is 9.94. The average molecular weight is 292 g/mol. The zero-order chi connectivity index (χ0) is 15.1. The summed E-state index contributed by atoms with van der Waals surface area (Å²) in [5, 5.41) is 0. The van der Waals surface area contributed by atoms with Gasteiger partial charge in [0, 0.05) is 26.7 Å². The van der Waals surface area contributed by atoms with Crippen LogP contribution in [0, 0.1) is 5.92 Å². The Bertz CT molecular complexity index is 459. The molecule has 0 spiro atoms. The molecule has 5 heteroatoms. The smallest absolute Gasteiger partial charge is 0.227 e. The fourth-order valence-corrected chi connectivity index (χ4v) is 2.63. The second-order valence-corrected chi connectivity index (χ2v) is 5.28. The number of carbonyl (C=O) groups excluding carboxylic acids is 1. The maximum absolute atomic E-state index is 12.6. The number of benzene rings is 1. The summed E-state index contributed by atoms with van der Waals surface area (Å²) in [5.74, 6) is -0.0471. The lowest BCUT2D eigenvalue weighted by molar-refractivity contribution is -0.139. The van der Waals surface area contributed by atoms with Gasteiger partial charge in [-0.05, 0) is 17.5 Å². The Morgan fingerprint density at radius 1 is 1.33 bits per heavy atom. The van der Waals surface area contributed by atoms with E-state index in [0.29, 0.717) is 45.9 Å². The van der Waals surface area contributed by atoms with Crippen molar-refractivity contribution in [3.8, 4) is 0 Å². The van der Waals surface area contributed by atoms with Crippen LogP contribution in [0.2, 0.25) is 0 Å². The number of morpholine rings is 1. The van der Waals surface area contributed by atoms with Gasteiger partial charge in [0.25, 0.3) is 0 Å². The van der Waals surface area contributed by atoms with Gasteiger partial charge in [-0.2, -0.15) is 0 Å². The monoisotopic (exact) mass is 292 g/mol. The van der Waals surface area contributed by atoms with Crippen molar-refractivity contribution in [3.63, 3.8) is 0 Å². The van der Waals surface area contributed by atoms with E-state index in [0.717, 1.165) is 11.1 Å². The fourth-order valence-electron chi connectivity index (χ4n) is 2.63. The van der Waals surface area contributed by atoms with Crippen molar-refractivity contribution in [2.45, 2.75) is 13.0 Å². The molecule has 0 bridgehead atoms. The van der Waals surface area contributed by atoms with Gasteiger partial charge < -0.3 is 20.1 Å². The highest BCUT2D eigenvalue weighted by Gasteiger charge is 2.25. The van der Waals surface area contributed by atoms with Gasteiger partial charge in [0.05, 0.1) is 25.7 Å². The Morgan fingerprint density at radius 2 is 2.00 bits per heavy atom. The molecule has 1 aromatic rings. The average Bonchev–Trinajstić information content (AvgIpc) is 2.54. The third-order valence-corrected chi connectivity index (χ3v) is 3.84. The summed E-state index contributed by atoms with van der Waals surface area (Å²) in [7, 11) is 1.68. The zero-order valence-electron chi connectivity index (χ0n) is 12.6. The number of hydrogen-bond acceptors (Lipinski definition) is 4. The lowest BCUT2D eigenvalue weighted by Gasteiger charge is -2.30. The van der Waals surface area contributed by atoms with Crippen LogP contribution in [0.25, 0.3) is 0 Å². The molecule has 0 radical (unpaired) electrons. The molecule has 1 aromatic carbocycles. The number of amides is 1. The molecule has 116 valence electrons. The number of carbonyl (C=O) groups is 1. The van der Waals surface area contributed by atoms with Crippen molar-refractivity contribution in [1.82, 2.24) is 4.90 Å². The fraction of sp³-hybridized carbons (Fsp3) is 0.562. The predicted molar refractivity (Wildman–Crippen MR) is 80.8 cm³/mol. The Balaban J connectivity index is 2.06. The predicted octanol–water partition coefficient (Wildman–Crippen LogP) is 0.809. The Kier molecular flexibility index (Phi) is 6.17. The van der Waals surface area contributed by atoms with E-state index in [1.807, 2.05) is 29.2 Å². The van der Waals surface area contributed by atoms with E-state index in [1.54, 1.807) is 7.11 Å². The number of nitrogens with zero attached hydrogens (tertiary/aromatic N) is 1. The van der Waals surface area contributed by atoms with Gasteiger partial charge in [0.2, 0.25) is 5.91 Å². The van der Waals surface area contributed by atoms with Crippen LogP contribution in [0.1, 0.15) is 11.1 Å². The topological polar surface area (TPSA) is 64.8 Å². The van der Waals surface area contributed by atoms with Gasteiger partial charge in [0.1, 0.15) is 0 Å². The molecule has 0 aromatic heterocycles. The van der Waals surface area contributed by atoms with Crippen molar-refractivity contribution in [2.24, 2.45) is 11.7 Å². The third kappa shape index (κ3) is 4.27. The van der Waals surface area contributed by atoms with Crippen molar-refractivity contribution in [2.75, 3.05) is 40.0 Å². The maximum Gasteiger partial charge on any atom is 0.227 e. The van der Waals surface area contributed by atoms with Crippen LogP contribution < -0.4 is 5.73 Å². The van der Waals surface area contributed by atoms with Crippen LogP contribution in [0.3, 0.4) is 0 Å². The highest BCUT2D eigenvalue weighted by molar-refractivity contribution is 5.79. The van der Waals surface area contributed by atoms with Crippen molar-refractivity contribution in [1.29, 1.82) is 0 Å². The van der Waals surface area contributed by atoms with Gasteiger partial charge in [-0.25, -0.2) is 0 Å². The quantitative estimate of drug-likeness (QED) is 0.842. The molecule has 1 heterocycles. The molecule has 1 saturated heterocycles. The van der Waals surface area contributed by atoms with Gasteiger partial charge in [0.15, 0.2) is 0 Å². The van der Waals surface area contributed by atoms with E-state index >= 15 is 0 Å². The van der Waals surface area contributed by atoms with Crippen LogP contribution in [0.4, 0.5) is 0 Å². The highest BCUT2D eigenvalue weighted by Crippen LogP contribution is 2.17. The van der Waals surface area contributed by atoms with E-state index < -0.39 is 0 Å². The normalized spacial score (nSPS) is 16.8. The molecule has 2 N–H and O–H groups in total. The summed E-state index contributed by atoms with van der Waals surface area (Å²) in [6.07, 6.45) is 0.659. The summed E-state index contributed by atoms with van der Waals surface area (Å²) in [6, 6.07) is 8.05. The summed E-state index contributed by atoms with van der Waals surface area (Å²) in [6.45, 7) is 3.47. The highest BCUT2D eigenvalue weighted by atomic mass is 16.5. The minimum absolute atomic E-state index is 0.132. The van der Waals surface area contributed by atoms with Crippen molar-refractivity contribution < 1.29 is 14.3 Å². The van der Waals surface area contributed by atoms with Crippen LogP contribution in [0.15, 0.2) is 24.3 Å². The molecule has 1 aliphatic heterocycles. The number of ether oxygens (including phenoxy) is 2. The van der Waals surface area contributed by atoms with Gasteiger partial charge in [-0.1, -0.05) is 24.3 Å². The SMILES string of the molecule is COCc1ccccc1CC(CN)C(=O)N1CCOCC1. The molecule has 0 saturated carbocycles. The first-order valence-electron chi connectivity index (χ1n) is 7.38. The number of rotatable bonds is 6. The van der Waals surface area contributed by atoms with E-state index in [4.69, 9.17) is 15.2 Å². The second kappa shape index (κ2) is 8.12. The van der Waals surface area contributed by atoms with Crippen LogP contribution in [0.5, 0.6) is 0 Å². The Labute approximate surface area is 126 Å². The molecule has 21 heavy (non-hydrogen) atoms. The molecule has 1 aliphatic rings. The third-order valence-electron chi connectivity index (χ3n) is 3.84. The summed E-state index contributed by atoms with van der Waals surface area (Å²) < 4.78 is 10.5. The first kappa shape index (κ1) is 15.9. The summed E-state index contributed by atoms with van der Waals surface area (Å²) >= 11 is 0. The molecule has 2 rings (SSSR count). The van der Waals surface area contributed by atoms with Gasteiger partial charge >= 0.3 is 0 Å². The molecule has 5 nitrogen and oxygen atoms in total. The molecular weight excluding hydrogens is 268 g/mol. The summed E-state index contributed by atoms with van der Waals surface area (Å²) in [5.41, 5.74) is 8.10. The lowest BCUT2D eigenvalue weighted by Crippen LogP contribution is -2.46. The van der Waals surface area contributed by atoms with Crippen LogP contribution in [-0.4, -0.2) is 50.8 Å². The molecule has 0 aliphatic carbocycles. The molecule has 1 atom stereocenters. The van der Waals surface area contributed by atoms with E-state index in [1.165, 1.54) is 0 Å². The first-order chi connectivity index (χ1) is 10.3. The Morgan fingerprint density at radius 3 is 2.62 bits per heavy atom. The molecule has 1 fully saturated rings. The largest absolute Gasteiger partial charge is 0.380 e. The number of methoxy groups -OCH3 is 1. The maximum atomic E-state index is 12.6. The number of nitrogens with two attached hydrogens (primary N) is 1. The molecule has 1 unspecified atom stereocenters. The van der Waals surface area contributed by atoms with Gasteiger partial charge in [-0.15, -0.1) is 0 Å². The molecular formula is C16H24N2O3. The van der Waals surface area contributed by atoms with Crippen molar-refractivity contribution >= 4 is 5.91 Å².